The third-order valence-electron chi connectivity index (χ3n) is 3.61. The topological polar surface area (TPSA) is 47.6 Å². The zero-order chi connectivity index (χ0) is 16.2. The highest BCUT2D eigenvalue weighted by Crippen LogP contribution is 2.41. The van der Waals surface area contributed by atoms with Crippen LogP contribution in [0.15, 0.2) is 41.3 Å². The van der Waals surface area contributed by atoms with Crippen molar-refractivity contribution in [1.29, 1.82) is 0 Å². The lowest BCUT2D eigenvalue weighted by atomic mass is 10.1. The SMILES string of the molecule is CCCCSc1cc(OC)cc2c1C(=O)Nc1ccccc1O2. The van der Waals surface area contributed by atoms with Crippen molar-refractivity contribution in [2.75, 3.05) is 18.2 Å². The Kier molecular flexibility index (Phi) is 4.76. The molecule has 0 spiro atoms. The van der Waals surface area contributed by atoms with Gasteiger partial charge in [0.15, 0.2) is 5.75 Å². The number of fused-ring (bicyclic) bond motifs is 2. The molecule has 3 rings (SSSR count). The predicted molar refractivity (Wildman–Crippen MR) is 93.1 cm³/mol. The molecule has 0 saturated heterocycles. The summed E-state index contributed by atoms with van der Waals surface area (Å²) in [7, 11) is 1.62. The second-order valence-corrected chi connectivity index (χ2v) is 6.39. The monoisotopic (exact) mass is 329 g/mol. The highest BCUT2D eigenvalue weighted by molar-refractivity contribution is 7.99. The predicted octanol–water partition coefficient (Wildman–Crippen LogP) is 4.95. The van der Waals surface area contributed by atoms with Crippen LogP contribution in [0.5, 0.6) is 17.2 Å². The van der Waals surface area contributed by atoms with Crippen LogP contribution < -0.4 is 14.8 Å². The summed E-state index contributed by atoms with van der Waals surface area (Å²) in [5.41, 5.74) is 1.25. The van der Waals surface area contributed by atoms with Crippen LogP contribution in [-0.2, 0) is 0 Å². The molecule has 1 amide bonds. The summed E-state index contributed by atoms with van der Waals surface area (Å²) in [6.45, 7) is 2.15. The van der Waals surface area contributed by atoms with Crippen LogP contribution in [0.4, 0.5) is 5.69 Å². The quantitative estimate of drug-likeness (QED) is 0.623. The van der Waals surface area contributed by atoms with Crippen molar-refractivity contribution in [3.8, 4) is 17.2 Å². The molecule has 0 unspecified atom stereocenters. The number of amides is 1. The van der Waals surface area contributed by atoms with Gasteiger partial charge in [0, 0.05) is 11.0 Å². The van der Waals surface area contributed by atoms with Gasteiger partial charge in [-0.15, -0.1) is 11.8 Å². The fourth-order valence-electron chi connectivity index (χ4n) is 2.39. The molecule has 0 aliphatic carbocycles. The number of thioether (sulfide) groups is 1. The Morgan fingerprint density at radius 2 is 2.04 bits per heavy atom. The maximum absolute atomic E-state index is 12.7. The number of rotatable bonds is 5. The van der Waals surface area contributed by atoms with Crippen molar-refractivity contribution < 1.29 is 14.3 Å². The number of nitrogens with one attached hydrogen (secondary N) is 1. The lowest BCUT2D eigenvalue weighted by Crippen LogP contribution is -2.12. The Hall–Kier alpha value is -2.14. The van der Waals surface area contributed by atoms with Crippen LogP contribution in [0.3, 0.4) is 0 Å². The molecule has 1 aliphatic rings. The van der Waals surface area contributed by atoms with Gasteiger partial charge < -0.3 is 14.8 Å². The summed E-state index contributed by atoms with van der Waals surface area (Å²) in [5.74, 6) is 2.67. The summed E-state index contributed by atoms with van der Waals surface area (Å²) in [6.07, 6.45) is 2.21. The first-order valence-corrected chi connectivity index (χ1v) is 8.64. The Morgan fingerprint density at radius 3 is 2.83 bits per heavy atom. The summed E-state index contributed by atoms with van der Waals surface area (Å²) in [6, 6.07) is 11.1. The molecule has 120 valence electrons. The van der Waals surface area contributed by atoms with Gasteiger partial charge in [-0.3, -0.25) is 4.79 Å². The van der Waals surface area contributed by atoms with E-state index in [2.05, 4.69) is 12.2 Å². The smallest absolute Gasteiger partial charge is 0.260 e. The zero-order valence-corrected chi connectivity index (χ0v) is 14.0. The standard InChI is InChI=1S/C18H19NO3S/c1-3-4-9-23-16-11-12(21-2)10-15-17(16)18(20)19-13-7-5-6-8-14(13)22-15/h5-8,10-11H,3-4,9H2,1-2H3,(H,19,20). The second kappa shape index (κ2) is 6.96. The van der Waals surface area contributed by atoms with Gasteiger partial charge in [0.1, 0.15) is 11.5 Å². The normalized spacial score (nSPS) is 12.5. The highest BCUT2D eigenvalue weighted by atomic mass is 32.2. The number of carbonyl (C=O) groups is 1. The van der Waals surface area contributed by atoms with E-state index in [-0.39, 0.29) is 5.91 Å². The van der Waals surface area contributed by atoms with Crippen molar-refractivity contribution >= 4 is 23.4 Å². The van der Waals surface area contributed by atoms with E-state index in [0.29, 0.717) is 28.5 Å². The van der Waals surface area contributed by atoms with Crippen LogP contribution >= 0.6 is 11.8 Å². The molecule has 0 aromatic heterocycles. The summed E-state index contributed by atoms with van der Waals surface area (Å²) in [5, 5.41) is 2.93. The summed E-state index contributed by atoms with van der Waals surface area (Å²) >= 11 is 1.66. The van der Waals surface area contributed by atoms with Crippen molar-refractivity contribution in [1.82, 2.24) is 0 Å². The molecule has 5 heteroatoms. The van der Waals surface area contributed by atoms with E-state index in [1.165, 1.54) is 0 Å². The van der Waals surface area contributed by atoms with E-state index in [1.807, 2.05) is 30.3 Å². The van der Waals surface area contributed by atoms with Crippen LogP contribution in [0.1, 0.15) is 30.1 Å². The molecule has 1 N–H and O–H groups in total. The molecule has 1 aliphatic heterocycles. The van der Waals surface area contributed by atoms with Crippen LogP contribution in [0.25, 0.3) is 0 Å². The molecule has 23 heavy (non-hydrogen) atoms. The first-order chi connectivity index (χ1) is 11.2. The zero-order valence-electron chi connectivity index (χ0n) is 13.2. The fraction of sp³-hybridized carbons (Fsp3) is 0.278. The molecule has 0 fully saturated rings. The van der Waals surface area contributed by atoms with E-state index in [9.17, 15) is 4.79 Å². The van der Waals surface area contributed by atoms with Crippen LogP contribution in [0.2, 0.25) is 0 Å². The third kappa shape index (κ3) is 3.29. The van der Waals surface area contributed by atoms with E-state index in [0.717, 1.165) is 23.5 Å². The van der Waals surface area contributed by atoms with Crippen LogP contribution in [0, 0.1) is 0 Å². The molecule has 0 atom stereocenters. The Balaban J connectivity index is 2.05. The second-order valence-electron chi connectivity index (χ2n) is 5.25. The van der Waals surface area contributed by atoms with E-state index >= 15 is 0 Å². The highest BCUT2D eigenvalue weighted by Gasteiger charge is 2.25. The van der Waals surface area contributed by atoms with Crippen LogP contribution in [-0.4, -0.2) is 18.8 Å². The first-order valence-electron chi connectivity index (χ1n) is 7.66. The molecule has 0 bridgehead atoms. The van der Waals surface area contributed by atoms with Gasteiger partial charge >= 0.3 is 0 Å². The molecule has 1 heterocycles. The maximum Gasteiger partial charge on any atom is 0.260 e. The fourth-order valence-corrected chi connectivity index (χ4v) is 3.58. The minimum absolute atomic E-state index is 0.147. The van der Waals surface area contributed by atoms with Gasteiger partial charge in [-0.05, 0) is 30.4 Å². The molecule has 2 aromatic carbocycles. The number of para-hydroxylation sites is 2. The van der Waals surface area contributed by atoms with Gasteiger partial charge in [-0.1, -0.05) is 25.5 Å². The van der Waals surface area contributed by atoms with Gasteiger partial charge in [0.05, 0.1) is 18.4 Å². The number of benzene rings is 2. The van der Waals surface area contributed by atoms with Gasteiger partial charge in [-0.2, -0.15) is 0 Å². The first kappa shape index (κ1) is 15.7. The summed E-state index contributed by atoms with van der Waals surface area (Å²) < 4.78 is 11.4. The molecule has 0 saturated carbocycles. The van der Waals surface area contributed by atoms with E-state index in [4.69, 9.17) is 9.47 Å². The molecular weight excluding hydrogens is 310 g/mol. The van der Waals surface area contributed by atoms with Crippen molar-refractivity contribution in [2.24, 2.45) is 0 Å². The largest absolute Gasteiger partial charge is 0.497 e. The Morgan fingerprint density at radius 1 is 1.22 bits per heavy atom. The minimum atomic E-state index is -0.147. The lowest BCUT2D eigenvalue weighted by molar-refractivity contribution is 0.102. The molecule has 2 aromatic rings. The number of anilines is 1. The summed E-state index contributed by atoms with van der Waals surface area (Å²) in [4.78, 5) is 13.6. The van der Waals surface area contributed by atoms with E-state index in [1.54, 1.807) is 24.9 Å². The molecular formula is C18H19NO3S. The average Bonchev–Trinajstić information content (AvgIpc) is 2.70. The van der Waals surface area contributed by atoms with Crippen molar-refractivity contribution in [3.05, 3.63) is 42.0 Å². The third-order valence-corrected chi connectivity index (χ3v) is 4.74. The lowest BCUT2D eigenvalue weighted by Gasteiger charge is -2.13. The number of hydrogen-bond donors (Lipinski definition) is 1. The van der Waals surface area contributed by atoms with Gasteiger partial charge in [0.25, 0.3) is 5.91 Å². The van der Waals surface area contributed by atoms with Gasteiger partial charge in [-0.25, -0.2) is 0 Å². The molecule has 4 nitrogen and oxygen atoms in total. The van der Waals surface area contributed by atoms with Gasteiger partial charge in [0.2, 0.25) is 0 Å². The Bertz CT molecular complexity index is 730. The minimum Gasteiger partial charge on any atom is -0.497 e. The van der Waals surface area contributed by atoms with E-state index < -0.39 is 0 Å². The van der Waals surface area contributed by atoms with Crippen molar-refractivity contribution in [2.45, 2.75) is 24.7 Å². The van der Waals surface area contributed by atoms with Crippen molar-refractivity contribution in [3.63, 3.8) is 0 Å². The average molecular weight is 329 g/mol. The number of methoxy groups -OCH3 is 1. The maximum atomic E-state index is 12.7. The number of carbonyl (C=O) groups excluding carboxylic acids is 1. The Labute approximate surface area is 140 Å². The number of ether oxygens (including phenoxy) is 2. The number of hydrogen-bond acceptors (Lipinski definition) is 4. The molecule has 0 radical (unpaired) electrons. The number of unbranched alkanes of at least 4 members (excludes halogenated alkanes) is 1.